The van der Waals surface area contributed by atoms with Crippen molar-refractivity contribution in [2.75, 3.05) is 38.7 Å². The van der Waals surface area contributed by atoms with Crippen molar-refractivity contribution in [1.82, 2.24) is 9.13 Å². The zero-order chi connectivity index (χ0) is 85.4. The number of rotatable bonds is 18. The number of nitrogens with one attached hydrogen (secondary N) is 1. The molecule has 8 aromatic rings. The molecule has 2 aromatic heterocycles. The maximum absolute atomic E-state index is 14.2. The average Bonchev–Trinajstić information content (AvgIpc) is 1.31. The van der Waals surface area contributed by atoms with Gasteiger partial charge in [0, 0.05) is 66.7 Å². The maximum atomic E-state index is 14.2. The van der Waals surface area contributed by atoms with Crippen molar-refractivity contribution in [3.05, 3.63) is 194 Å². The fourth-order valence-electron chi connectivity index (χ4n) is 11.9. The number of nitrogens with zero attached hydrogens (tertiary/aromatic N) is 3. The minimum absolute atomic E-state index is 0.0668. The first-order valence-corrected chi connectivity index (χ1v) is 43.1. The van der Waals surface area contributed by atoms with Crippen molar-refractivity contribution in [1.29, 1.82) is 0 Å². The fourth-order valence-corrected chi connectivity index (χ4v) is 18.3. The highest BCUT2D eigenvalue weighted by molar-refractivity contribution is 14.1. The van der Waals surface area contributed by atoms with Crippen molar-refractivity contribution in [2.45, 2.75) is 161 Å². The molecular weight excluding hydrogens is 2160 g/mol. The number of aromatic hydroxyl groups is 1. The van der Waals surface area contributed by atoms with Gasteiger partial charge in [-0.25, -0.2) is 45.5 Å². The summed E-state index contributed by atoms with van der Waals surface area (Å²) in [6.07, 6.45) is 9.86. The Balaban J connectivity index is 0.000000192. The lowest BCUT2D eigenvalue weighted by Crippen LogP contribution is -2.33. The van der Waals surface area contributed by atoms with Crippen LogP contribution in [0.2, 0.25) is 0 Å². The van der Waals surface area contributed by atoms with Crippen LogP contribution in [0.4, 0.5) is 50.9 Å². The Morgan fingerprint density at radius 3 is 1.25 bits per heavy atom. The van der Waals surface area contributed by atoms with Gasteiger partial charge in [-0.3, -0.25) is 14.4 Å². The molecule has 1 amide bonds. The van der Waals surface area contributed by atoms with Crippen LogP contribution in [0.5, 0.6) is 11.5 Å². The number of anilines is 2. The molecule has 4 fully saturated rings. The summed E-state index contributed by atoms with van der Waals surface area (Å²) in [6.45, 7) is 10.4. The van der Waals surface area contributed by atoms with E-state index in [-0.39, 0.29) is 90.5 Å². The second-order valence-corrected chi connectivity index (χ2v) is 34.0. The van der Waals surface area contributed by atoms with Gasteiger partial charge in [-0.2, -0.15) is 21.6 Å². The van der Waals surface area contributed by atoms with Crippen LogP contribution in [0.25, 0.3) is 21.8 Å². The second kappa shape index (κ2) is 40.7. The van der Waals surface area contributed by atoms with Crippen LogP contribution >= 0.6 is 141 Å². The number of aliphatic hydroxyl groups is 1. The SMILES string of the molecule is CCc1c(Br)c(F)cc(C(=O)OC)c1I.CCc1c(Br)c(F)cc(C(=O)OC)c1N(C(C)=O)C1CC1.CCc1c(Br)c(F)cc(C(=O)OC)c1NC1CC1.CCc1c(Br)c(F)cc2c(O)cc(=O)n(C3CC3)c12.CCc1c(Br)c(F)cc2c(OS(=O)(=O)C(F)(F)F)cc(=O)n(C3CC3)c12.COC(=O)c1cc(F)c(Br)c(CO)c1I. The van der Waals surface area contributed by atoms with E-state index in [9.17, 15) is 86.6 Å². The molecule has 0 radical (unpaired) electrons. The highest BCUT2D eigenvalue weighted by Crippen LogP contribution is 2.46. The summed E-state index contributed by atoms with van der Waals surface area (Å²) in [5.74, 6) is -6.67. The Hall–Kier alpha value is -5.89. The first-order valence-electron chi connectivity index (χ1n) is 34.7. The number of benzene rings is 6. The summed E-state index contributed by atoms with van der Waals surface area (Å²) in [4.78, 5) is 84.5. The first kappa shape index (κ1) is 95.3. The molecule has 0 atom stereocenters. The Labute approximate surface area is 726 Å². The molecular formula is C76H73Br6F9I2N4O16S. The first-order chi connectivity index (χ1) is 53.6. The topological polar surface area (TPSA) is 265 Å². The van der Waals surface area contributed by atoms with Crippen LogP contribution in [0.1, 0.15) is 180 Å². The molecule has 4 aliphatic carbocycles. The number of methoxy groups -OCH3 is 4. The van der Waals surface area contributed by atoms with Crippen molar-refractivity contribution in [3.63, 3.8) is 0 Å². The Bertz CT molecular complexity index is 5260. The third-order valence-corrected chi connectivity index (χ3v) is 26.5. The van der Waals surface area contributed by atoms with Crippen LogP contribution < -0.4 is 25.5 Å². The number of aliphatic hydroxyl groups excluding tert-OH is 1. The Kier molecular flexibility index (Phi) is 34.0. The van der Waals surface area contributed by atoms with Crippen molar-refractivity contribution in [3.8, 4) is 11.5 Å². The number of alkyl halides is 3. The van der Waals surface area contributed by atoms with Gasteiger partial charge < -0.3 is 52.7 Å². The molecule has 2 heterocycles. The third kappa shape index (κ3) is 21.8. The molecule has 38 heteroatoms. The monoisotopic (exact) mass is 2230 g/mol. The number of halogens is 17. The van der Waals surface area contributed by atoms with Crippen molar-refractivity contribution in [2.24, 2.45) is 0 Å². The van der Waals surface area contributed by atoms with Gasteiger partial charge in [0.15, 0.2) is 5.75 Å². The zero-order valence-electron chi connectivity index (χ0n) is 62.1. The second-order valence-electron chi connectivity index (χ2n) is 25.6. The minimum atomic E-state index is -6.00. The van der Waals surface area contributed by atoms with E-state index in [1.165, 1.54) is 64.2 Å². The molecule has 0 bridgehead atoms. The van der Waals surface area contributed by atoms with E-state index >= 15 is 0 Å². The lowest BCUT2D eigenvalue weighted by atomic mass is 10.0. The molecule has 3 N–H and O–H groups in total. The maximum Gasteiger partial charge on any atom is 0.534 e. The fraction of sp³-hybridized carbons (Fsp3) is 0.382. The lowest BCUT2D eigenvalue weighted by Gasteiger charge is -2.26. The number of hydrogen-bond acceptors (Lipinski definition) is 17. The van der Waals surface area contributed by atoms with E-state index in [4.69, 9.17) is 14.6 Å². The number of carbonyl (C=O) groups is 5. The number of aryl methyl sites for hydroxylation is 2. The number of pyridine rings is 2. The Morgan fingerprint density at radius 2 is 0.860 bits per heavy atom. The highest BCUT2D eigenvalue weighted by Gasteiger charge is 2.49. The Morgan fingerprint density at radius 1 is 0.509 bits per heavy atom. The van der Waals surface area contributed by atoms with Gasteiger partial charge in [0.2, 0.25) is 5.91 Å². The zero-order valence-corrected chi connectivity index (χ0v) is 76.8. The van der Waals surface area contributed by atoms with Gasteiger partial charge in [-0.15, -0.1) is 0 Å². The lowest BCUT2D eigenvalue weighted by molar-refractivity contribution is -0.116. The van der Waals surface area contributed by atoms with Crippen LogP contribution in [-0.2, 0) is 72.6 Å². The van der Waals surface area contributed by atoms with Gasteiger partial charge in [0.1, 0.15) is 40.7 Å². The van der Waals surface area contributed by atoms with E-state index in [0.29, 0.717) is 111 Å². The molecule has 4 saturated carbocycles. The van der Waals surface area contributed by atoms with Crippen molar-refractivity contribution >= 4 is 214 Å². The van der Waals surface area contributed by atoms with E-state index in [0.717, 1.165) is 77.0 Å². The molecule has 618 valence electrons. The number of hydrogen-bond donors (Lipinski definition) is 3. The third-order valence-electron chi connectivity index (χ3n) is 18.0. The summed E-state index contributed by atoms with van der Waals surface area (Å²) in [5, 5.41) is 22.5. The summed E-state index contributed by atoms with van der Waals surface area (Å²) in [5.41, 5.74) is -0.273. The van der Waals surface area contributed by atoms with Gasteiger partial charge in [0.25, 0.3) is 11.1 Å². The predicted octanol–water partition coefficient (Wildman–Crippen LogP) is 20.5. The number of esters is 4. The quantitative estimate of drug-likeness (QED) is 0.0137. The molecule has 0 spiro atoms. The smallest absolute Gasteiger partial charge is 0.507 e. The van der Waals surface area contributed by atoms with Crippen LogP contribution in [0, 0.1) is 42.0 Å². The number of amides is 1. The predicted molar refractivity (Wildman–Crippen MR) is 448 cm³/mol. The van der Waals surface area contributed by atoms with E-state index in [1.807, 2.05) is 72.9 Å². The van der Waals surface area contributed by atoms with Crippen LogP contribution in [0.15, 0.2) is 85.0 Å². The van der Waals surface area contributed by atoms with Gasteiger partial charge in [0.05, 0.1) is 107 Å². The summed E-state index contributed by atoms with van der Waals surface area (Å²) >= 11 is 22.8. The number of aromatic nitrogens is 2. The molecule has 114 heavy (non-hydrogen) atoms. The molecule has 4 aliphatic rings. The minimum Gasteiger partial charge on any atom is -0.507 e. The van der Waals surface area contributed by atoms with E-state index < -0.39 is 85.7 Å². The van der Waals surface area contributed by atoms with Crippen molar-refractivity contribution < 1.29 is 105 Å². The summed E-state index contributed by atoms with van der Waals surface area (Å²) < 4.78 is 172. The van der Waals surface area contributed by atoms with Gasteiger partial charge >= 0.3 is 39.5 Å². The number of fused-ring (bicyclic) bond motifs is 2. The summed E-state index contributed by atoms with van der Waals surface area (Å²) in [6, 6.07) is 9.06. The molecule has 0 unspecified atom stereocenters. The van der Waals surface area contributed by atoms with Gasteiger partial charge in [-0.05, 0) is 288 Å². The number of ether oxygens (including phenoxy) is 4. The molecule has 12 rings (SSSR count). The largest absolute Gasteiger partial charge is 0.534 e. The molecule has 0 aliphatic heterocycles. The van der Waals surface area contributed by atoms with Crippen LogP contribution in [0.3, 0.4) is 0 Å². The normalized spacial score (nSPS) is 13.6. The molecule has 0 saturated heterocycles. The summed E-state index contributed by atoms with van der Waals surface area (Å²) in [7, 11) is -0.957. The number of carbonyl (C=O) groups excluding carboxylic acids is 5. The highest BCUT2D eigenvalue weighted by atomic mass is 127. The average molecular weight is 2230 g/mol. The molecule has 6 aromatic carbocycles. The van der Waals surface area contributed by atoms with E-state index in [1.54, 1.807) is 16.4 Å². The van der Waals surface area contributed by atoms with E-state index in [2.05, 4.69) is 115 Å². The van der Waals surface area contributed by atoms with Crippen LogP contribution in [-0.4, -0.2) is 104 Å². The van der Waals surface area contributed by atoms with Gasteiger partial charge in [-0.1, -0.05) is 34.6 Å². The standard InChI is InChI=1S/C15H12BrF4NO4S.C15H17BrFNO3.C14H13BrFNO2.C13H15BrFNO2.C10H9BrFIO2.C9H7BrFIO3/c1-2-8-13(16)10(17)5-9-11(25-26(23,24)15(18,19)20)6-12(22)21(14(8)9)7-3-4-7;1-4-10-13(16)12(17)7-11(15(20)21-3)14(10)18(8(2)19)9-5-6-9;1-2-8-13(15)10(16)5-9-11(18)6-12(19)17(14(8)9)7-3-4-7;1-3-8-11(14)10(15)6-9(13(17)18-2)12(8)16-7-4-5-7;1-3-5-8(11)7(12)4-6(9(5)13)10(14)15-2;1-15-9(14)4-2-6(11)7(10)5(3-13)8(4)12/h5-7H,2-4H2,1H3;7,9H,4-6H2,1-3H3;5-7,18H,2-4H2,1H3;6-7,16H,3-5H2,1-2H3;4H,3H2,1-2H3;2,13H,3H2,1H3. The molecule has 20 nitrogen and oxygen atoms in total.